The quantitative estimate of drug-likeness (QED) is 0.722. The van der Waals surface area contributed by atoms with Crippen molar-refractivity contribution in [1.82, 2.24) is 0 Å². The number of anilines is 3. The second kappa shape index (κ2) is 4.30. The predicted octanol–water partition coefficient (Wildman–Crippen LogP) is 2.20. The van der Waals surface area contributed by atoms with Gasteiger partial charge in [0.1, 0.15) is 5.75 Å². The molecule has 2 saturated carbocycles. The van der Waals surface area contributed by atoms with Gasteiger partial charge in [0.25, 0.3) is 5.91 Å². The van der Waals surface area contributed by atoms with Crippen molar-refractivity contribution in [2.45, 2.75) is 31.7 Å². The maximum Gasteiger partial charge on any atom is 0.262 e. The van der Waals surface area contributed by atoms with Crippen molar-refractivity contribution in [2.75, 3.05) is 23.0 Å². The predicted molar refractivity (Wildman–Crippen MR) is 77.8 cm³/mol. The number of fused-ring (bicyclic) bond motifs is 3. The molecule has 4 N–H and O–H groups in total. The molecule has 1 aromatic rings. The molecule has 1 aliphatic heterocycles. The SMILES string of the molecule is Nc1cc2c(cc1NC1CC3CCC1C3)NC(=O)CO2. The molecule has 2 aliphatic carbocycles. The van der Waals surface area contributed by atoms with Gasteiger partial charge < -0.3 is 21.1 Å². The average Bonchev–Trinajstić information content (AvgIpc) is 3.02. The second-order valence-corrected chi connectivity index (χ2v) is 6.20. The minimum absolute atomic E-state index is 0.0611. The minimum Gasteiger partial charge on any atom is -0.482 e. The summed E-state index contributed by atoms with van der Waals surface area (Å²) in [4.78, 5) is 11.4. The minimum atomic E-state index is -0.117. The lowest BCUT2D eigenvalue weighted by Gasteiger charge is -2.26. The molecular weight excluding hydrogens is 254 g/mol. The highest BCUT2D eigenvalue weighted by atomic mass is 16.5. The summed E-state index contributed by atoms with van der Waals surface area (Å²) in [6.45, 7) is 0.0611. The normalized spacial score (nSPS) is 30.6. The lowest BCUT2D eigenvalue weighted by Crippen LogP contribution is -2.28. The summed E-state index contributed by atoms with van der Waals surface area (Å²) in [5.41, 5.74) is 8.40. The Hall–Kier alpha value is -1.91. The maximum atomic E-state index is 11.4. The van der Waals surface area contributed by atoms with Crippen LogP contribution in [0, 0.1) is 11.8 Å². The summed E-state index contributed by atoms with van der Waals surface area (Å²) in [6, 6.07) is 4.22. The summed E-state index contributed by atoms with van der Waals surface area (Å²) in [7, 11) is 0. The van der Waals surface area contributed by atoms with E-state index in [1.165, 1.54) is 25.7 Å². The van der Waals surface area contributed by atoms with Gasteiger partial charge in [0.15, 0.2) is 6.61 Å². The Labute approximate surface area is 117 Å². The van der Waals surface area contributed by atoms with Crippen LogP contribution in [0.2, 0.25) is 0 Å². The van der Waals surface area contributed by atoms with E-state index in [1.54, 1.807) is 6.07 Å². The largest absolute Gasteiger partial charge is 0.482 e. The third kappa shape index (κ3) is 1.88. The average molecular weight is 273 g/mol. The fraction of sp³-hybridized carbons (Fsp3) is 0.533. The molecule has 3 unspecified atom stereocenters. The molecule has 4 rings (SSSR count). The van der Waals surface area contributed by atoms with Gasteiger partial charge in [-0.1, -0.05) is 6.42 Å². The van der Waals surface area contributed by atoms with Crippen molar-refractivity contribution in [2.24, 2.45) is 11.8 Å². The molecule has 0 spiro atoms. The summed E-state index contributed by atoms with van der Waals surface area (Å²) in [5.74, 6) is 2.20. The number of hydrogen-bond donors (Lipinski definition) is 3. The smallest absolute Gasteiger partial charge is 0.262 e. The zero-order valence-corrected chi connectivity index (χ0v) is 11.3. The van der Waals surface area contributed by atoms with Crippen molar-refractivity contribution in [3.63, 3.8) is 0 Å². The number of carbonyl (C=O) groups excluding carboxylic acids is 1. The number of hydrogen-bond acceptors (Lipinski definition) is 4. The highest BCUT2D eigenvalue weighted by Gasteiger charge is 2.39. The van der Waals surface area contributed by atoms with E-state index in [4.69, 9.17) is 10.5 Å². The van der Waals surface area contributed by atoms with Crippen LogP contribution in [-0.4, -0.2) is 18.6 Å². The Morgan fingerprint density at radius 2 is 2.20 bits per heavy atom. The van der Waals surface area contributed by atoms with Gasteiger partial charge in [0.05, 0.1) is 17.1 Å². The summed E-state index contributed by atoms with van der Waals surface area (Å²) in [6.07, 6.45) is 5.30. The summed E-state index contributed by atoms with van der Waals surface area (Å²) >= 11 is 0. The molecule has 2 bridgehead atoms. The molecule has 3 atom stereocenters. The molecule has 2 fully saturated rings. The van der Waals surface area contributed by atoms with Crippen LogP contribution in [-0.2, 0) is 4.79 Å². The number of amides is 1. The molecule has 0 saturated heterocycles. The third-order valence-electron chi connectivity index (χ3n) is 4.86. The van der Waals surface area contributed by atoms with Crippen LogP contribution in [0.5, 0.6) is 5.75 Å². The first-order chi connectivity index (χ1) is 9.69. The Bertz CT molecular complexity index is 572. The Balaban J connectivity index is 1.58. The lowest BCUT2D eigenvalue weighted by molar-refractivity contribution is -0.118. The molecule has 106 valence electrons. The molecule has 0 radical (unpaired) electrons. The molecule has 3 aliphatic rings. The van der Waals surface area contributed by atoms with Crippen molar-refractivity contribution >= 4 is 23.0 Å². The highest BCUT2D eigenvalue weighted by molar-refractivity contribution is 5.97. The van der Waals surface area contributed by atoms with Crippen molar-refractivity contribution in [3.05, 3.63) is 12.1 Å². The van der Waals surface area contributed by atoms with Crippen molar-refractivity contribution in [1.29, 1.82) is 0 Å². The van der Waals surface area contributed by atoms with Gasteiger partial charge in [-0.2, -0.15) is 0 Å². The van der Waals surface area contributed by atoms with E-state index in [-0.39, 0.29) is 12.5 Å². The van der Waals surface area contributed by atoms with Gasteiger partial charge in [0, 0.05) is 12.1 Å². The number of rotatable bonds is 2. The van der Waals surface area contributed by atoms with Crippen molar-refractivity contribution in [3.8, 4) is 5.75 Å². The third-order valence-corrected chi connectivity index (χ3v) is 4.86. The molecule has 1 amide bonds. The molecule has 1 aromatic carbocycles. The van der Waals surface area contributed by atoms with E-state index in [0.29, 0.717) is 23.2 Å². The number of benzene rings is 1. The number of nitrogen functional groups attached to an aromatic ring is 1. The van der Waals surface area contributed by atoms with E-state index in [9.17, 15) is 4.79 Å². The summed E-state index contributed by atoms with van der Waals surface area (Å²) in [5, 5.41) is 6.40. The van der Waals surface area contributed by atoms with E-state index in [2.05, 4.69) is 10.6 Å². The number of nitrogens with two attached hydrogens (primary N) is 1. The first-order valence-corrected chi connectivity index (χ1v) is 7.32. The molecular formula is C15H19N3O2. The van der Waals surface area contributed by atoms with Gasteiger partial charge in [-0.05, 0) is 37.2 Å². The highest BCUT2D eigenvalue weighted by Crippen LogP contribution is 2.46. The van der Waals surface area contributed by atoms with Crippen LogP contribution in [0.25, 0.3) is 0 Å². The first-order valence-electron chi connectivity index (χ1n) is 7.32. The van der Waals surface area contributed by atoms with Crippen LogP contribution < -0.4 is 21.1 Å². The molecule has 0 aromatic heterocycles. The first kappa shape index (κ1) is 11.9. The van der Waals surface area contributed by atoms with E-state index >= 15 is 0 Å². The molecule has 1 heterocycles. The van der Waals surface area contributed by atoms with Crippen LogP contribution in [0.4, 0.5) is 17.1 Å². The maximum absolute atomic E-state index is 11.4. The second-order valence-electron chi connectivity index (χ2n) is 6.20. The topological polar surface area (TPSA) is 76.4 Å². The van der Waals surface area contributed by atoms with Crippen LogP contribution in [0.3, 0.4) is 0 Å². The summed E-state index contributed by atoms with van der Waals surface area (Å²) < 4.78 is 5.37. The monoisotopic (exact) mass is 273 g/mol. The van der Waals surface area contributed by atoms with Crippen molar-refractivity contribution < 1.29 is 9.53 Å². The molecule has 5 nitrogen and oxygen atoms in total. The van der Waals surface area contributed by atoms with Gasteiger partial charge >= 0.3 is 0 Å². The van der Waals surface area contributed by atoms with Crippen LogP contribution in [0.15, 0.2) is 12.1 Å². The van der Waals surface area contributed by atoms with E-state index < -0.39 is 0 Å². The molecule has 5 heteroatoms. The Morgan fingerprint density at radius 1 is 1.30 bits per heavy atom. The van der Waals surface area contributed by atoms with E-state index in [0.717, 1.165) is 17.5 Å². The van der Waals surface area contributed by atoms with Crippen LogP contribution >= 0.6 is 0 Å². The zero-order valence-electron chi connectivity index (χ0n) is 11.3. The standard InChI is InChI=1S/C15H19N3O2/c16-10-5-14-13(18-15(19)7-20-14)6-12(10)17-11-4-8-1-2-9(11)3-8/h5-6,8-9,11,17H,1-4,7,16H2,(H,18,19). The fourth-order valence-corrected chi connectivity index (χ4v) is 3.89. The van der Waals surface area contributed by atoms with Crippen LogP contribution in [0.1, 0.15) is 25.7 Å². The number of carbonyl (C=O) groups is 1. The van der Waals surface area contributed by atoms with E-state index in [1.807, 2.05) is 6.07 Å². The number of nitrogens with one attached hydrogen (secondary N) is 2. The van der Waals surface area contributed by atoms with Gasteiger partial charge in [-0.3, -0.25) is 4.79 Å². The fourth-order valence-electron chi connectivity index (χ4n) is 3.89. The van der Waals surface area contributed by atoms with Gasteiger partial charge in [0.2, 0.25) is 0 Å². The zero-order chi connectivity index (χ0) is 13.7. The lowest BCUT2D eigenvalue weighted by atomic mass is 9.95. The molecule has 20 heavy (non-hydrogen) atoms. The van der Waals surface area contributed by atoms with Gasteiger partial charge in [-0.25, -0.2) is 0 Å². The number of ether oxygens (including phenoxy) is 1. The van der Waals surface area contributed by atoms with Gasteiger partial charge in [-0.15, -0.1) is 0 Å². The Kier molecular flexibility index (Phi) is 2.55. The Morgan fingerprint density at radius 3 is 2.95 bits per heavy atom.